The molecule has 24 heavy (non-hydrogen) atoms. The molecule has 1 fully saturated rings. The molecule has 1 aromatic heterocycles. The maximum atomic E-state index is 12.4. The molecular formula is C18H19Cl2N3O. The summed E-state index contributed by atoms with van der Waals surface area (Å²) >= 11 is 12.3. The molecule has 1 heterocycles. The minimum atomic E-state index is -0.0942. The van der Waals surface area contributed by atoms with E-state index in [0.29, 0.717) is 27.0 Å². The minimum absolute atomic E-state index is 0.0942. The predicted octanol–water partition coefficient (Wildman–Crippen LogP) is 5.19. The Morgan fingerprint density at radius 3 is 2.50 bits per heavy atom. The first-order valence-corrected chi connectivity index (χ1v) is 8.86. The van der Waals surface area contributed by atoms with Crippen LogP contribution in [0, 0.1) is 0 Å². The smallest absolute Gasteiger partial charge is 0.253 e. The molecule has 3 rings (SSSR count). The zero-order valence-corrected chi connectivity index (χ0v) is 14.7. The number of anilines is 2. The second-order valence-corrected chi connectivity index (χ2v) is 6.81. The van der Waals surface area contributed by atoms with Crippen LogP contribution in [0.2, 0.25) is 10.0 Å². The Labute approximate surface area is 151 Å². The van der Waals surface area contributed by atoms with E-state index in [2.05, 4.69) is 15.6 Å². The lowest BCUT2D eigenvalue weighted by Crippen LogP contribution is -2.36. The highest BCUT2D eigenvalue weighted by atomic mass is 35.5. The van der Waals surface area contributed by atoms with Crippen molar-refractivity contribution in [3.8, 4) is 0 Å². The van der Waals surface area contributed by atoms with Gasteiger partial charge in [0.05, 0.1) is 33.2 Å². The average Bonchev–Trinajstić information content (AvgIpc) is 2.59. The Kier molecular flexibility index (Phi) is 5.59. The summed E-state index contributed by atoms with van der Waals surface area (Å²) in [5.74, 6) is -0.0942. The van der Waals surface area contributed by atoms with Crippen molar-refractivity contribution in [2.24, 2.45) is 0 Å². The van der Waals surface area contributed by atoms with Crippen molar-refractivity contribution in [2.45, 2.75) is 38.1 Å². The molecule has 1 aliphatic carbocycles. The Hall–Kier alpha value is -1.78. The Morgan fingerprint density at radius 1 is 1.08 bits per heavy atom. The highest BCUT2D eigenvalue weighted by Gasteiger charge is 2.17. The molecule has 2 aromatic rings. The van der Waals surface area contributed by atoms with Gasteiger partial charge in [0.2, 0.25) is 0 Å². The largest absolute Gasteiger partial charge is 0.352 e. The van der Waals surface area contributed by atoms with Crippen molar-refractivity contribution in [1.29, 1.82) is 0 Å². The van der Waals surface area contributed by atoms with Gasteiger partial charge >= 0.3 is 0 Å². The van der Waals surface area contributed by atoms with Crippen molar-refractivity contribution >= 4 is 40.5 Å². The van der Waals surface area contributed by atoms with Gasteiger partial charge in [-0.2, -0.15) is 0 Å². The molecule has 4 nitrogen and oxygen atoms in total. The van der Waals surface area contributed by atoms with Crippen LogP contribution in [0.4, 0.5) is 11.4 Å². The molecule has 0 saturated heterocycles. The topological polar surface area (TPSA) is 54.0 Å². The maximum Gasteiger partial charge on any atom is 0.253 e. The molecule has 1 aliphatic rings. The molecule has 0 unspecified atom stereocenters. The molecule has 126 valence electrons. The van der Waals surface area contributed by atoms with Crippen molar-refractivity contribution in [3.63, 3.8) is 0 Å². The van der Waals surface area contributed by atoms with E-state index < -0.39 is 0 Å². The summed E-state index contributed by atoms with van der Waals surface area (Å²) in [6.07, 6.45) is 8.91. The first kappa shape index (κ1) is 17.1. The molecule has 0 aliphatic heterocycles. The van der Waals surface area contributed by atoms with Crippen molar-refractivity contribution < 1.29 is 4.79 Å². The Bertz CT molecular complexity index is 710. The third-order valence-electron chi connectivity index (χ3n) is 4.17. The molecule has 0 radical (unpaired) electrons. The fraction of sp³-hybridized carbons (Fsp3) is 0.333. The molecule has 2 N–H and O–H groups in total. The summed E-state index contributed by atoms with van der Waals surface area (Å²) in [4.78, 5) is 16.6. The second-order valence-electron chi connectivity index (χ2n) is 5.99. The standard InChI is InChI=1S/C18H19Cl2N3O/c19-15-7-4-8-16(20)17(15)22-14-9-12(10-21-11-14)18(24)23-13-5-2-1-3-6-13/h4,7-11,13,22H,1-3,5-6H2,(H,23,24). The number of hydrogen-bond donors (Lipinski definition) is 2. The van der Waals surface area contributed by atoms with E-state index >= 15 is 0 Å². The third-order valence-corrected chi connectivity index (χ3v) is 4.80. The zero-order chi connectivity index (χ0) is 16.9. The van der Waals surface area contributed by atoms with Crippen LogP contribution in [0.15, 0.2) is 36.7 Å². The number of para-hydroxylation sites is 1. The van der Waals surface area contributed by atoms with Crippen LogP contribution < -0.4 is 10.6 Å². The van der Waals surface area contributed by atoms with Gasteiger partial charge in [0, 0.05) is 12.2 Å². The van der Waals surface area contributed by atoms with Crippen molar-refractivity contribution in [2.75, 3.05) is 5.32 Å². The molecular weight excluding hydrogens is 345 g/mol. The number of carbonyl (C=O) groups excluding carboxylic acids is 1. The highest BCUT2D eigenvalue weighted by molar-refractivity contribution is 6.39. The van der Waals surface area contributed by atoms with Gasteiger partial charge in [0.1, 0.15) is 0 Å². The van der Waals surface area contributed by atoms with E-state index in [4.69, 9.17) is 23.2 Å². The first-order chi connectivity index (χ1) is 11.6. The molecule has 1 amide bonds. The molecule has 1 aromatic carbocycles. The van der Waals surface area contributed by atoms with Crippen molar-refractivity contribution in [3.05, 3.63) is 52.3 Å². The van der Waals surface area contributed by atoms with Gasteiger partial charge in [-0.05, 0) is 31.0 Å². The number of nitrogens with one attached hydrogen (secondary N) is 2. The van der Waals surface area contributed by atoms with E-state index in [1.807, 2.05) is 0 Å². The quantitative estimate of drug-likeness (QED) is 0.785. The third kappa shape index (κ3) is 4.19. The summed E-state index contributed by atoms with van der Waals surface area (Å²) in [7, 11) is 0. The van der Waals surface area contributed by atoms with Crippen LogP contribution in [-0.4, -0.2) is 16.9 Å². The van der Waals surface area contributed by atoms with E-state index in [0.717, 1.165) is 12.8 Å². The van der Waals surface area contributed by atoms with Gasteiger partial charge in [-0.15, -0.1) is 0 Å². The number of carbonyl (C=O) groups is 1. The summed E-state index contributed by atoms with van der Waals surface area (Å²) < 4.78 is 0. The molecule has 1 saturated carbocycles. The lowest BCUT2D eigenvalue weighted by Gasteiger charge is -2.22. The number of rotatable bonds is 4. The monoisotopic (exact) mass is 363 g/mol. The summed E-state index contributed by atoms with van der Waals surface area (Å²) in [5, 5.41) is 7.25. The van der Waals surface area contributed by atoms with E-state index in [-0.39, 0.29) is 11.9 Å². The number of nitrogens with zero attached hydrogens (tertiary/aromatic N) is 1. The van der Waals surface area contributed by atoms with Gasteiger partial charge in [-0.3, -0.25) is 9.78 Å². The number of pyridine rings is 1. The van der Waals surface area contributed by atoms with Gasteiger partial charge in [-0.1, -0.05) is 48.5 Å². The van der Waals surface area contributed by atoms with Gasteiger partial charge in [-0.25, -0.2) is 0 Å². The van der Waals surface area contributed by atoms with Crippen LogP contribution in [0.1, 0.15) is 42.5 Å². The normalized spacial score (nSPS) is 15.1. The van der Waals surface area contributed by atoms with E-state index in [1.165, 1.54) is 19.3 Å². The zero-order valence-electron chi connectivity index (χ0n) is 13.2. The van der Waals surface area contributed by atoms with Gasteiger partial charge < -0.3 is 10.6 Å². The SMILES string of the molecule is O=C(NC1CCCCC1)c1cncc(Nc2c(Cl)cccc2Cl)c1. The molecule has 6 heteroatoms. The Balaban J connectivity index is 1.73. The van der Waals surface area contributed by atoms with Crippen LogP contribution in [-0.2, 0) is 0 Å². The highest BCUT2D eigenvalue weighted by Crippen LogP contribution is 2.32. The molecule has 0 atom stereocenters. The maximum absolute atomic E-state index is 12.4. The Morgan fingerprint density at radius 2 is 1.79 bits per heavy atom. The predicted molar refractivity (Wildman–Crippen MR) is 98.3 cm³/mol. The van der Waals surface area contributed by atoms with Crippen LogP contribution in [0.25, 0.3) is 0 Å². The van der Waals surface area contributed by atoms with Gasteiger partial charge in [0.15, 0.2) is 0 Å². The summed E-state index contributed by atoms with van der Waals surface area (Å²) in [6, 6.07) is 7.31. The molecule has 0 spiro atoms. The lowest BCUT2D eigenvalue weighted by molar-refractivity contribution is 0.0927. The summed E-state index contributed by atoms with van der Waals surface area (Å²) in [5.41, 5.74) is 1.79. The van der Waals surface area contributed by atoms with Gasteiger partial charge in [0.25, 0.3) is 5.91 Å². The first-order valence-electron chi connectivity index (χ1n) is 8.10. The number of hydrogen-bond acceptors (Lipinski definition) is 3. The van der Waals surface area contributed by atoms with E-state index in [1.54, 1.807) is 36.7 Å². The van der Waals surface area contributed by atoms with Crippen molar-refractivity contribution in [1.82, 2.24) is 10.3 Å². The number of halogens is 2. The van der Waals surface area contributed by atoms with Crippen LogP contribution in [0.5, 0.6) is 0 Å². The van der Waals surface area contributed by atoms with Crippen LogP contribution >= 0.6 is 23.2 Å². The number of amides is 1. The minimum Gasteiger partial charge on any atom is -0.352 e. The summed E-state index contributed by atoms with van der Waals surface area (Å²) in [6.45, 7) is 0. The average molecular weight is 364 g/mol. The fourth-order valence-electron chi connectivity index (χ4n) is 2.91. The second kappa shape index (κ2) is 7.86. The number of benzene rings is 1. The van der Waals surface area contributed by atoms with Crippen LogP contribution in [0.3, 0.4) is 0 Å². The molecule has 0 bridgehead atoms. The number of aromatic nitrogens is 1. The van der Waals surface area contributed by atoms with E-state index in [9.17, 15) is 4.79 Å². The fourth-order valence-corrected chi connectivity index (χ4v) is 3.40. The lowest BCUT2D eigenvalue weighted by atomic mass is 9.95.